The van der Waals surface area contributed by atoms with Crippen molar-refractivity contribution in [3.05, 3.63) is 35.9 Å². The zero-order chi connectivity index (χ0) is 19.1. The molecule has 144 valence electrons. The highest BCUT2D eigenvalue weighted by Gasteiger charge is 2.31. The third kappa shape index (κ3) is 5.56. The van der Waals surface area contributed by atoms with Crippen LogP contribution >= 0.6 is 0 Å². The molecule has 1 heterocycles. The van der Waals surface area contributed by atoms with Gasteiger partial charge in [0.2, 0.25) is 5.91 Å². The van der Waals surface area contributed by atoms with Gasteiger partial charge < -0.3 is 9.64 Å². The van der Waals surface area contributed by atoms with Crippen LogP contribution in [0.2, 0.25) is 0 Å². The number of benzene rings is 1. The Morgan fingerprint density at radius 2 is 1.77 bits per heavy atom. The zero-order valence-corrected chi connectivity index (χ0v) is 16.5. The van der Waals surface area contributed by atoms with Crippen LogP contribution in [0.3, 0.4) is 0 Å². The molecule has 26 heavy (non-hydrogen) atoms. The molecule has 0 N–H and O–H groups in total. The molecule has 1 atom stereocenters. The summed E-state index contributed by atoms with van der Waals surface area (Å²) in [4.78, 5) is 28.9. The highest BCUT2D eigenvalue weighted by Crippen LogP contribution is 2.22. The first kappa shape index (κ1) is 20.4. The van der Waals surface area contributed by atoms with E-state index >= 15 is 0 Å². The van der Waals surface area contributed by atoms with Gasteiger partial charge in [0.15, 0.2) is 0 Å². The Kier molecular flexibility index (Phi) is 7.64. The number of nitrogens with zero attached hydrogens (tertiary/aromatic N) is 2. The van der Waals surface area contributed by atoms with Crippen LogP contribution in [0, 0.1) is 11.8 Å². The molecule has 1 unspecified atom stereocenters. The summed E-state index contributed by atoms with van der Waals surface area (Å²) in [6, 6.07) is 10.7. The summed E-state index contributed by atoms with van der Waals surface area (Å²) in [5, 5.41) is 0. The highest BCUT2D eigenvalue weighted by atomic mass is 16.5. The van der Waals surface area contributed by atoms with E-state index in [2.05, 4.69) is 29.2 Å². The average Bonchev–Trinajstić information content (AvgIpc) is 2.66. The molecule has 5 heteroatoms. The van der Waals surface area contributed by atoms with Gasteiger partial charge in [0.25, 0.3) is 0 Å². The van der Waals surface area contributed by atoms with Gasteiger partial charge in [-0.3, -0.25) is 14.5 Å². The summed E-state index contributed by atoms with van der Waals surface area (Å²) in [6.07, 6.45) is 1.89. The van der Waals surface area contributed by atoms with E-state index in [1.54, 1.807) is 0 Å². The van der Waals surface area contributed by atoms with Crippen LogP contribution in [0.5, 0.6) is 0 Å². The number of piperidine rings is 1. The van der Waals surface area contributed by atoms with Crippen molar-refractivity contribution in [2.24, 2.45) is 11.8 Å². The molecule has 0 saturated carbocycles. The van der Waals surface area contributed by atoms with Crippen molar-refractivity contribution in [1.29, 1.82) is 0 Å². The number of ether oxygens (including phenoxy) is 1. The monoisotopic (exact) mass is 360 g/mol. The van der Waals surface area contributed by atoms with Gasteiger partial charge in [0.05, 0.1) is 13.0 Å². The lowest BCUT2D eigenvalue weighted by atomic mass is 9.99. The fourth-order valence-corrected chi connectivity index (χ4v) is 3.55. The predicted octanol–water partition coefficient (Wildman–Crippen LogP) is 2.94. The predicted molar refractivity (Wildman–Crippen MR) is 102 cm³/mol. The minimum absolute atomic E-state index is 0.0674. The van der Waals surface area contributed by atoms with Crippen LogP contribution in [-0.4, -0.2) is 54.5 Å². The first-order valence-electron chi connectivity index (χ1n) is 9.57. The summed E-state index contributed by atoms with van der Waals surface area (Å²) in [7, 11) is 1.40. The number of hydrogen-bond donors (Lipinski definition) is 0. The molecule has 1 aromatic carbocycles. The maximum Gasteiger partial charge on any atom is 0.310 e. The second kappa shape index (κ2) is 9.72. The van der Waals surface area contributed by atoms with Crippen LogP contribution < -0.4 is 0 Å². The molecule has 1 fully saturated rings. The molecule has 0 spiro atoms. The lowest BCUT2D eigenvalue weighted by molar-refractivity contribution is -0.148. The Morgan fingerprint density at radius 1 is 1.15 bits per heavy atom. The molecule has 1 saturated heterocycles. The number of rotatable bonds is 7. The quantitative estimate of drug-likeness (QED) is 0.702. The van der Waals surface area contributed by atoms with Gasteiger partial charge >= 0.3 is 5.97 Å². The van der Waals surface area contributed by atoms with E-state index in [4.69, 9.17) is 4.74 Å². The molecule has 2 rings (SSSR count). The summed E-state index contributed by atoms with van der Waals surface area (Å²) in [6.45, 7) is 8.99. The number of esters is 1. The van der Waals surface area contributed by atoms with Crippen molar-refractivity contribution in [2.45, 2.75) is 46.2 Å². The van der Waals surface area contributed by atoms with Crippen LogP contribution in [0.1, 0.15) is 39.2 Å². The lowest BCUT2D eigenvalue weighted by Crippen LogP contribution is -2.50. The fourth-order valence-electron chi connectivity index (χ4n) is 3.55. The van der Waals surface area contributed by atoms with Crippen molar-refractivity contribution in [2.75, 3.05) is 26.7 Å². The van der Waals surface area contributed by atoms with E-state index in [0.29, 0.717) is 6.54 Å². The van der Waals surface area contributed by atoms with Crippen LogP contribution in [0.4, 0.5) is 0 Å². The van der Waals surface area contributed by atoms with Gasteiger partial charge in [0.1, 0.15) is 0 Å². The minimum Gasteiger partial charge on any atom is -0.469 e. The van der Waals surface area contributed by atoms with Gasteiger partial charge in [-0.2, -0.15) is 0 Å². The smallest absolute Gasteiger partial charge is 0.310 e. The van der Waals surface area contributed by atoms with Crippen molar-refractivity contribution < 1.29 is 14.3 Å². The third-order valence-electron chi connectivity index (χ3n) is 5.10. The molecule has 1 amide bonds. The van der Waals surface area contributed by atoms with Gasteiger partial charge in [0, 0.05) is 38.1 Å². The lowest BCUT2D eigenvalue weighted by Gasteiger charge is -2.40. The maximum absolute atomic E-state index is 12.7. The molecular weight excluding hydrogens is 328 g/mol. The number of hydrogen-bond acceptors (Lipinski definition) is 4. The van der Waals surface area contributed by atoms with Gasteiger partial charge in [-0.05, 0) is 18.4 Å². The van der Waals surface area contributed by atoms with Crippen LogP contribution in [0.15, 0.2) is 30.3 Å². The van der Waals surface area contributed by atoms with E-state index in [1.165, 1.54) is 12.7 Å². The molecule has 1 aromatic rings. The normalized spacial score (nSPS) is 17.1. The van der Waals surface area contributed by atoms with Crippen molar-refractivity contribution in [3.8, 4) is 0 Å². The van der Waals surface area contributed by atoms with E-state index in [9.17, 15) is 9.59 Å². The van der Waals surface area contributed by atoms with Gasteiger partial charge in [-0.1, -0.05) is 51.1 Å². The summed E-state index contributed by atoms with van der Waals surface area (Å²) < 4.78 is 4.84. The number of carbonyl (C=O) groups is 2. The Labute approximate surface area is 157 Å². The topological polar surface area (TPSA) is 49.9 Å². The number of amides is 1. The molecule has 0 aromatic heterocycles. The number of carbonyl (C=O) groups excluding carboxylic acids is 2. The molecule has 5 nitrogen and oxygen atoms in total. The molecule has 0 aliphatic carbocycles. The van der Waals surface area contributed by atoms with Crippen molar-refractivity contribution in [3.63, 3.8) is 0 Å². The van der Waals surface area contributed by atoms with E-state index < -0.39 is 0 Å². The molecule has 0 bridgehead atoms. The van der Waals surface area contributed by atoms with E-state index in [1.807, 2.05) is 31.7 Å². The fraction of sp³-hybridized carbons (Fsp3) is 0.619. The van der Waals surface area contributed by atoms with Gasteiger partial charge in [-0.25, -0.2) is 0 Å². The Morgan fingerprint density at radius 3 is 2.31 bits per heavy atom. The Hall–Kier alpha value is -1.88. The number of methoxy groups -OCH3 is 1. The standard InChI is InChI=1S/C21H32N2O3/c1-16(2)20(24)23(14-17(3)21(25)26-4)19-10-12-22(13-11-19)15-18-8-6-5-7-9-18/h5-9,16-17,19H,10-15H2,1-4H3. The Bertz CT molecular complexity index is 580. The SMILES string of the molecule is COC(=O)C(C)CN(C(=O)C(C)C)C1CCN(Cc2ccccc2)CC1. The molecule has 1 aliphatic heterocycles. The third-order valence-corrected chi connectivity index (χ3v) is 5.10. The summed E-state index contributed by atoms with van der Waals surface area (Å²) >= 11 is 0. The summed E-state index contributed by atoms with van der Waals surface area (Å²) in [5.41, 5.74) is 1.32. The van der Waals surface area contributed by atoms with Crippen LogP contribution in [-0.2, 0) is 20.9 Å². The second-order valence-corrected chi connectivity index (χ2v) is 7.56. The van der Waals surface area contributed by atoms with E-state index in [0.717, 1.165) is 32.5 Å². The van der Waals surface area contributed by atoms with Crippen molar-refractivity contribution >= 4 is 11.9 Å². The van der Waals surface area contributed by atoms with Gasteiger partial charge in [-0.15, -0.1) is 0 Å². The average molecular weight is 360 g/mol. The molecule has 1 aliphatic rings. The van der Waals surface area contributed by atoms with Crippen molar-refractivity contribution in [1.82, 2.24) is 9.80 Å². The highest BCUT2D eigenvalue weighted by molar-refractivity contribution is 5.79. The maximum atomic E-state index is 12.7. The zero-order valence-electron chi connectivity index (χ0n) is 16.5. The largest absolute Gasteiger partial charge is 0.469 e. The summed E-state index contributed by atoms with van der Waals surface area (Å²) in [5.74, 6) is -0.498. The molecule has 0 radical (unpaired) electrons. The first-order chi connectivity index (χ1) is 12.4. The molecular formula is C21H32N2O3. The van der Waals surface area contributed by atoms with E-state index in [-0.39, 0.29) is 29.8 Å². The second-order valence-electron chi connectivity index (χ2n) is 7.56. The Balaban J connectivity index is 1.96. The number of likely N-dealkylation sites (tertiary alicyclic amines) is 1. The van der Waals surface area contributed by atoms with Crippen LogP contribution in [0.25, 0.3) is 0 Å². The first-order valence-corrected chi connectivity index (χ1v) is 9.57. The minimum atomic E-state index is -0.301.